The topological polar surface area (TPSA) is 74.9 Å². The number of hydrogen-bond acceptors (Lipinski definition) is 5. The minimum atomic E-state index is -0.864. The Morgan fingerprint density at radius 3 is 2.79 bits per heavy atom. The van der Waals surface area contributed by atoms with Crippen LogP contribution in [0.25, 0.3) is 11.0 Å². The average Bonchev–Trinajstić information content (AvgIpc) is 3.48. The third-order valence-corrected chi connectivity index (χ3v) is 6.96. The van der Waals surface area contributed by atoms with Gasteiger partial charge in [0.15, 0.2) is 5.76 Å². The van der Waals surface area contributed by atoms with Gasteiger partial charge >= 0.3 is 0 Å². The van der Waals surface area contributed by atoms with E-state index in [0.29, 0.717) is 30.7 Å². The summed E-state index contributed by atoms with van der Waals surface area (Å²) in [6, 6.07) is 16.1. The maximum Gasteiger partial charge on any atom is 0.287 e. The number of amides is 1. The number of carbonyl (C=O) groups is 1. The Balaban J connectivity index is 1.23. The fourth-order valence-electron chi connectivity index (χ4n) is 4.98. The third kappa shape index (κ3) is 4.98. The Morgan fingerprint density at radius 2 is 2.03 bits per heavy atom. The zero-order chi connectivity index (χ0) is 22.8. The van der Waals surface area contributed by atoms with E-state index in [9.17, 15) is 9.90 Å². The van der Waals surface area contributed by atoms with Crippen LogP contribution in [0.2, 0.25) is 0 Å². The number of fused-ring (bicyclic) bond motifs is 1. The fourth-order valence-corrected chi connectivity index (χ4v) is 4.98. The van der Waals surface area contributed by atoms with Crippen LogP contribution < -0.4 is 5.32 Å². The first-order valence-corrected chi connectivity index (χ1v) is 11.9. The van der Waals surface area contributed by atoms with Crippen molar-refractivity contribution in [1.29, 1.82) is 0 Å². The first kappa shape index (κ1) is 22.1. The second-order valence-corrected chi connectivity index (χ2v) is 9.51. The Morgan fingerprint density at radius 1 is 1.18 bits per heavy atom. The second-order valence-electron chi connectivity index (χ2n) is 9.51. The molecule has 5 rings (SSSR count). The van der Waals surface area contributed by atoms with E-state index in [4.69, 9.17) is 9.15 Å². The van der Waals surface area contributed by atoms with Gasteiger partial charge in [-0.15, -0.1) is 0 Å². The molecule has 2 aromatic carbocycles. The number of nitrogens with zero attached hydrogens (tertiary/aromatic N) is 1. The van der Waals surface area contributed by atoms with Gasteiger partial charge in [0.25, 0.3) is 5.91 Å². The molecule has 33 heavy (non-hydrogen) atoms. The molecule has 0 saturated carbocycles. The highest BCUT2D eigenvalue weighted by Crippen LogP contribution is 2.35. The lowest BCUT2D eigenvalue weighted by molar-refractivity contribution is -0.0276. The standard InChI is InChI=1S/C27H32N2O4/c1-19-4-2-5-20(14-19)18-29-11-9-27(31,10-12-29)22-7-8-24-21(15-22)16-25(33-24)26(30)28-17-23-6-3-13-32-23/h2,4-5,7-8,14-16,23,31H,3,6,9-13,17-18H2,1H3,(H,28,30). The molecule has 2 fully saturated rings. The molecule has 1 unspecified atom stereocenters. The molecule has 2 N–H and O–H groups in total. The maximum absolute atomic E-state index is 12.5. The molecule has 0 spiro atoms. The summed E-state index contributed by atoms with van der Waals surface area (Å²) in [5.41, 5.74) is 3.26. The van der Waals surface area contributed by atoms with E-state index < -0.39 is 5.60 Å². The number of piperidine rings is 1. The molecule has 174 valence electrons. The van der Waals surface area contributed by atoms with Crippen LogP contribution in [0.4, 0.5) is 0 Å². The first-order valence-electron chi connectivity index (χ1n) is 11.9. The molecule has 1 atom stereocenters. The smallest absolute Gasteiger partial charge is 0.287 e. The Labute approximate surface area is 194 Å². The molecule has 2 saturated heterocycles. The van der Waals surface area contributed by atoms with E-state index in [1.54, 1.807) is 6.07 Å². The molecule has 0 radical (unpaired) electrons. The summed E-state index contributed by atoms with van der Waals surface area (Å²) >= 11 is 0. The lowest BCUT2D eigenvalue weighted by atomic mass is 9.84. The molecular formula is C27H32N2O4. The van der Waals surface area contributed by atoms with Gasteiger partial charge in [-0.3, -0.25) is 9.69 Å². The molecule has 6 heteroatoms. The minimum absolute atomic E-state index is 0.0935. The van der Waals surface area contributed by atoms with Crippen molar-refractivity contribution in [1.82, 2.24) is 10.2 Å². The van der Waals surface area contributed by atoms with Crippen molar-refractivity contribution in [3.8, 4) is 0 Å². The van der Waals surface area contributed by atoms with Crippen molar-refractivity contribution >= 4 is 16.9 Å². The number of ether oxygens (including phenoxy) is 1. The summed E-state index contributed by atoms with van der Waals surface area (Å²) < 4.78 is 11.3. The van der Waals surface area contributed by atoms with Crippen molar-refractivity contribution in [2.24, 2.45) is 0 Å². The highest BCUT2D eigenvalue weighted by atomic mass is 16.5. The molecule has 0 bridgehead atoms. The monoisotopic (exact) mass is 448 g/mol. The predicted octanol–water partition coefficient (Wildman–Crippen LogP) is 4.13. The maximum atomic E-state index is 12.5. The normalized spacial score (nSPS) is 20.8. The lowest BCUT2D eigenvalue weighted by Gasteiger charge is -2.38. The Bertz CT molecular complexity index is 1120. The first-order chi connectivity index (χ1) is 16.0. The van der Waals surface area contributed by atoms with Gasteiger partial charge in [0.1, 0.15) is 5.58 Å². The molecular weight excluding hydrogens is 416 g/mol. The van der Waals surface area contributed by atoms with E-state index in [1.807, 2.05) is 18.2 Å². The second kappa shape index (κ2) is 9.29. The van der Waals surface area contributed by atoms with Crippen LogP contribution in [0.1, 0.15) is 52.9 Å². The van der Waals surface area contributed by atoms with E-state index in [1.165, 1.54) is 11.1 Å². The third-order valence-electron chi connectivity index (χ3n) is 6.96. The molecule has 2 aliphatic heterocycles. The van der Waals surface area contributed by atoms with Crippen LogP contribution in [0.3, 0.4) is 0 Å². The van der Waals surface area contributed by atoms with Crippen molar-refractivity contribution in [3.63, 3.8) is 0 Å². The van der Waals surface area contributed by atoms with Gasteiger partial charge in [0, 0.05) is 38.2 Å². The van der Waals surface area contributed by atoms with Gasteiger partial charge in [-0.25, -0.2) is 0 Å². The largest absolute Gasteiger partial charge is 0.451 e. The highest BCUT2D eigenvalue weighted by molar-refractivity contribution is 5.96. The number of nitrogens with one attached hydrogen (secondary N) is 1. The SMILES string of the molecule is Cc1cccc(CN2CCC(O)(c3ccc4oc(C(=O)NCC5CCCO5)cc4c3)CC2)c1. The number of rotatable bonds is 6. The number of benzene rings is 2. The lowest BCUT2D eigenvalue weighted by Crippen LogP contribution is -2.42. The van der Waals surface area contributed by atoms with E-state index >= 15 is 0 Å². The zero-order valence-electron chi connectivity index (χ0n) is 19.2. The van der Waals surface area contributed by atoms with Gasteiger partial charge in [0.05, 0.1) is 11.7 Å². The molecule has 2 aliphatic rings. The number of likely N-dealkylation sites (tertiary alicyclic amines) is 1. The number of furan rings is 1. The van der Waals surface area contributed by atoms with Crippen molar-refractivity contribution in [2.75, 3.05) is 26.2 Å². The zero-order valence-corrected chi connectivity index (χ0v) is 19.2. The van der Waals surface area contributed by atoms with Crippen molar-refractivity contribution in [3.05, 3.63) is 71.0 Å². The predicted molar refractivity (Wildman–Crippen MR) is 127 cm³/mol. The van der Waals surface area contributed by atoms with Gasteiger partial charge in [-0.1, -0.05) is 35.9 Å². The molecule has 3 aromatic rings. The Hall–Kier alpha value is -2.67. The summed E-state index contributed by atoms with van der Waals surface area (Å²) in [6.07, 6.45) is 3.47. The van der Waals surface area contributed by atoms with Crippen LogP contribution in [-0.4, -0.2) is 48.3 Å². The van der Waals surface area contributed by atoms with Crippen LogP contribution in [0.5, 0.6) is 0 Å². The Kier molecular flexibility index (Phi) is 6.23. The molecule has 6 nitrogen and oxygen atoms in total. The van der Waals surface area contributed by atoms with Gasteiger partial charge in [0.2, 0.25) is 0 Å². The van der Waals surface area contributed by atoms with E-state index in [0.717, 1.165) is 50.0 Å². The van der Waals surface area contributed by atoms with Crippen LogP contribution in [0.15, 0.2) is 52.9 Å². The van der Waals surface area contributed by atoms with E-state index in [-0.39, 0.29) is 12.0 Å². The van der Waals surface area contributed by atoms with Crippen LogP contribution in [-0.2, 0) is 16.9 Å². The summed E-state index contributed by atoms with van der Waals surface area (Å²) in [5, 5.41) is 15.1. The number of carbonyl (C=O) groups excluding carboxylic acids is 1. The molecule has 1 aromatic heterocycles. The minimum Gasteiger partial charge on any atom is -0.451 e. The fraction of sp³-hybridized carbons (Fsp3) is 0.444. The van der Waals surface area contributed by atoms with Gasteiger partial charge in [-0.2, -0.15) is 0 Å². The number of aliphatic hydroxyl groups is 1. The summed E-state index contributed by atoms with van der Waals surface area (Å²) in [7, 11) is 0. The summed E-state index contributed by atoms with van der Waals surface area (Å²) in [5.74, 6) is 0.0616. The molecule has 1 amide bonds. The van der Waals surface area contributed by atoms with Gasteiger partial charge < -0.3 is 19.6 Å². The van der Waals surface area contributed by atoms with E-state index in [2.05, 4.69) is 41.4 Å². The van der Waals surface area contributed by atoms with Gasteiger partial charge in [-0.05, 0) is 61.9 Å². The number of aryl methyl sites for hydroxylation is 1. The average molecular weight is 449 g/mol. The van der Waals surface area contributed by atoms with Crippen LogP contribution >= 0.6 is 0 Å². The number of hydrogen-bond donors (Lipinski definition) is 2. The van der Waals surface area contributed by atoms with Crippen molar-refractivity contribution < 1.29 is 19.1 Å². The van der Waals surface area contributed by atoms with Crippen molar-refractivity contribution in [2.45, 2.75) is 50.9 Å². The molecule has 3 heterocycles. The summed E-state index contributed by atoms with van der Waals surface area (Å²) in [4.78, 5) is 14.9. The quantitative estimate of drug-likeness (QED) is 0.593. The molecule has 0 aliphatic carbocycles. The summed E-state index contributed by atoms with van der Waals surface area (Å²) in [6.45, 7) is 5.96. The van der Waals surface area contributed by atoms with Crippen LogP contribution in [0, 0.1) is 6.92 Å². The highest BCUT2D eigenvalue weighted by Gasteiger charge is 2.34.